The quantitative estimate of drug-likeness (QED) is 0.239. The molecule has 0 aromatic carbocycles. The van der Waals surface area contributed by atoms with Crippen LogP contribution in [0.15, 0.2) is 46.6 Å². The van der Waals surface area contributed by atoms with Gasteiger partial charge in [-0.1, -0.05) is 54.4 Å². The summed E-state index contributed by atoms with van der Waals surface area (Å²) in [6, 6.07) is 0. The van der Waals surface area contributed by atoms with Crippen molar-refractivity contribution >= 4 is 5.97 Å². The van der Waals surface area contributed by atoms with Crippen molar-refractivity contribution in [2.75, 3.05) is 46.4 Å². The Bertz CT molecular complexity index is 735. The number of carbonyl (C=O) groups is 1. The van der Waals surface area contributed by atoms with Crippen molar-refractivity contribution in [1.29, 1.82) is 0 Å². The second kappa shape index (κ2) is 13.2. The van der Waals surface area contributed by atoms with Crippen molar-refractivity contribution in [3.05, 3.63) is 46.6 Å². The Morgan fingerprint density at radius 2 is 1.84 bits per heavy atom. The fraction of sp³-hybridized carbons (Fsp3) is 0.679. The zero-order valence-electron chi connectivity index (χ0n) is 21.5. The fourth-order valence-electron chi connectivity index (χ4n) is 4.72. The van der Waals surface area contributed by atoms with E-state index < -0.39 is 0 Å². The molecule has 0 atom stereocenters. The predicted octanol–water partition coefficient (Wildman–Crippen LogP) is 5.92. The molecule has 0 aromatic heterocycles. The Hall–Kier alpha value is -1.65. The molecule has 1 heterocycles. The number of nitrogens with zero attached hydrogens (tertiary/aromatic N) is 2. The maximum absolute atomic E-state index is 12.0. The summed E-state index contributed by atoms with van der Waals surface area (Å²) in [5.41, 5.74) is 6.17. The van der Waals surface area contributed by atoms with E-state index in [9.17, 15) is 4.79 Å². The summed E-state index contributed by atoms with van der Waals surface area (Å²) in [4.78, 5) is 16.6. The number of likely N-dealkylation sites (N-methyl/N-ethyl adjacent to an activating group) is 1. The SMILES string of the molecule is CC1=C(CC/C(C)=C/C=C/C(C)=C/COC(=O)CCN2CCN(C)CC2)C(C)(C)CCC1. The highest BCUT2D eigenvalue weighted by Crippen LogP contribution is 2.42. The first kappa shape index (κ1) is 26.6. The fourth-order valence-corrected chi connectivity index (χ4v) is 4.72. The Morgan fingerprint density at radius 1 is 1.12 bits per heavy atom. The molecule has 32 heavy (non-hydrogen) atoms. The molecule has 0 radical (unpaired) electrons. The van der Waals surface area contributed by atoms with Gasteiger partial charge in [-0.05, 0) is 71.4 Å². The Morgan fingerprint density at radius 3 is 2.53 bits per heavy atom. The highest BCUT2D eigenvalue weighted by Gasteiger charge is 2.27. The molecule has 0 amide bonds. The van der Waals surface area contributed by atoms with Gasteiger partial charge < -0.3 is 14.5 Å². The Kier molecular flexibility index (Phi) is 10.9. The summed E-state index contributed by atoms with van der Waals surface area (Å²) in [6.45, 7) is 16.8. The number of esters is 1. The second-order valence-electron chi connectivity index (χ2n) is 10.4. The molecule has 4 nitrogen and oxygen atoms in total. The summed E-state index contributed by atoms with van der Waals surface area (Å²) in [5, 5.41) is 0. The van der Waals surface area contributed by atoms with Crippen molar-refractivity contribution in [3.63, 3.8) is 0 Å². The third-order valence-corrected chi connectivity index (χ3v) is 7.07. The van der Waals surface area contributed by atoms with Gasteiger partial charge in [0, 0.05) is 32.7 Å². The van der Waals surface area contributed by atoms with Crippen LogP contribution in [-0.2, 0) is 9.53 Å². The van der Waals surface area contributed by atoms with Gasteiger partial charge in [-0.3, -0.25) is 4.79 Å². The van der Waals surface area contributed by atoms with Gasteiger partial charge in [-0.2, -0.15) is 0 Å². The van der Waals surface area contributed by atoms with Crippen LogP contribution in [0.1, 0.15) is 73.1 Å². The lowest BCUT2D eigenvalue weighted by Gasteiger charge is -2.34. The molecular weight excluding hydrogens is 396 g/mol. The molecule has 0 saturated carbocycles. The van der Waals surface area contributed by atoms with Crippen molar-refractivity contribution in [3.8, 4) is 0 Å². The average molecular weight is 443 g/mol. The van der Waals surface area contributed by atoms with Crippen LogP contribution in [0.2, 0.25) is 0 Å². The molecule has 1 saturated heterocycles. The molecule has 1 aliphatic heterocycles. The monoisotopic (exact) mass is 442 g/mol. The topological polar surface area (TPSA) is 32.8 Å². The van der Waals surface area contributed by atoms with Crippen LogP contribution in [0.4, 0.5) is 0 Å². The van der Waals surface area contributed by atoms with Gasteiger partial charge in [0.25, 0.3) is 0 Å². The Balaban J connectivity index is 1.67. The van der Waals surface area contributed by atoms with E-state index in [0.717, 1.165) is 44.7 Å². The van der Waals surface area contributed by atoms with Crippen LogP contribution >= 0.6 is 0 Å². The normalized spacial score (nSPS) is 21.4. The maximum Gasteiger partial charge on any atom is 0.307 e. The molecule has 0 aromatic rings. The first-order chi connectivity index (χ1) is 15.2. The maximum atomic E-state index is 12.0. The third kappa shape index (κ3) is 9.46. The number of hydrogen-bond donors (Lipinski definition) is 0. The van der Waals surface area contributed by atoms with E-state index in [-0.39, 0.29) is 5.97 Å². The summed E-state index contributed by atoms with van der Waals surface area (Å²) in [6.07, 6.45) is 15.1. The number of piperazine rings is 1. The van der Waals surface area contributed by atoms with E-state index in [1.807, 2.05) is 6.08 Å². The molecular formula is C28H46N2O2. The molecule has 0 bridgehead atoms. The predicted molar refractivity (Wildman–Crippen MR) is 136 cm³/mol. The number of rotatable bonds is 10. The van der Waals surface area contributed by atoms with E-state index in [4.69, 9.17) is 4.74 Å². The molecule has 0 N–H and O–H groups in total. The minimum atomic E-state index is -0.108. The van der Waals surface area contributed by atoms with Gasteiger partial charge in [-0.25, -0.2) is 0 Å². The van der Waals surface area contributed by atoms with Gasteiger partial charge in [0.2, 0.25) is 0 Å². The summed E-state index contributed by atoms with van der Waals surface area (Å²) < 4.78 is 5.38. The van der Waals surface area contributed by atoms with E-state index in [2.05, 4.69) is 69.7 Å². The van der Waals surface area contributed by atoms with Crippen LogP contribution in [0.25, 0.3) is 0 Å². The smallest absolute Gasteiger partial charge is 0.307 e. The molecule has 4 heteroatoms. The zero-order chi connectivity index (χ0) is 23.6. The first-order valence-corrected chi connectivity index (χ1v) is 12.4. The van der Waals surface area contributed by atoms with Gasteiger partial charge in [0.15, 0.2) is 0 Å². The minimum Gasteiger partial charge on any atom is -0.461 e. The average Bonchev–Trinajstić information content (AvgIpc) is 2.72. The lowest BCUT2D eigenvalue weighted by Crippen LogP contribution is -2.45. The number of allylic oxidation sites excluding steroid dienone is 7. The molecule has 180 valence electrons. The third-order valence-electron chi connectivity index (χ3n) is 7.07. The van der Waals surface area contributed by atoms with Gasteiger partial charge in [0.05, 0.1) is 6.42 Å². The minimum absolute atomic E-state index is 0.108. The molecule has 1 fully saturated rings. The van der Waals surface area contributed by atoms with E-state index in [1.165, 1.54) is 31.3 Å². The van der Waals surface area contributed by atoms with Crippen LogP contribution in [0.3, 0.4) is 0 Å². The lowest BCUT2D eigenvalue weighted by atomic mass is 9.71. The molecule has 0 spiro atoms. The Labute approximate surface area is 197 Å². The van der Waals surface area contributed by atoms with Crippen molar-refractivity contribution in [2.24, 2.45) is 5.41 Å². The van der Waals surface area contributed by atoms with Crippen LogP contribution in [0, 0.1) is 5.41 Å². The van der Waals surface area contributed by atoms with Gasteiger partial charge in [-0.15, -0.1) is 0 Å². The van der Waals surface area contributed by atoms with Crippen LogP contribution in [-0.4, -0.2) is 62.1 Å². The molecule has 2 aliphatic rings. The van der Waals surface area contributed by atoms with Crippen molar-refractivity contribution in [1.82, 2.24) is 9.80 Å². The molecule has 1 aliphatic carbocycles. The van der Waals surface area contributed by atoms with Crippen molar-refractivity contribution < 1.29 is 9.53 Å². The van der Waals surface area contributed by atoms with Gasteiger partial charge >= 0.3 is 5.97 Å². The highest BCUT2D eigenvalue weighted by atomic mass is 16.5. The summed E-state index contributed by atoms with van der Waals surface area (Å²) >= 11 is 0. The standard InChI is InChI=1S/C28H46N2O2/c1-23(12-13-26-25(3)11-8-16-28(26,4)5)9-7-10-24(2)15-22-32-27(31)14-17-30-20-18-29(6)19-21-30/h7,9-10,15H,8,11-14,16-22H2,1-6H3/b10-7+,23-9+,24-15+. The van der Waals surface area contributed by atoms with Crippen LogP contribution in [0.5, 0.6) is 0 Å². The van der Waals surface area contributed by atoms with E-state index in [0.29, 0.717) is 18.4 Å². The first-order valence-electron chi connectivity index (χ1n) is 12.4. The zero-order valence-corrected chi connectivity index (χ0v) is 21.5. The van der Waals surface area contributed by atoms with Gasteiger partial charge in [0.1, 0.15) is 6.61 Å². The number of hydrogen-bond acceptors (Lipinski definition) is 4. The lowest BCUT2D eigenvalue weighted by molar-refractivity contribution is -0.142. The van der Waals surface area contributed by atoms with Crippen molar-refractivity contribution in [2.45, 2.75) is 73.1 Å². The van der Waals surface area contributed by atoms with Crippen LogP contribution < -0.4 is 0 Å². The number of ether oxygens (including phenoxy) is 1. The number of carbonyl (C=O) groups excluding carboxylic acids is 1. The summed E-state index contributed by atoms with van der Waals surface area (Å²) in [5.74, 6) is -0.108. The van der Waals surface area contributed by atoms with E-state index in [1.54, 1.807) is 11.1 Å². The van der Waals surface area contributed by atoms with E-state index >= 15 is 0 Å². The second-order valence-corrected chi connectivity index (χ2v) is 10.4. The highest BCUT2D eigenvalue weighted by molar-refractivity contribution is 5.69. The summed E-state index contributed by atoms with van der Waals surface area (Å²) in [7, 11) is 2.14. The molecule has 0 unspecified atom stereocenters. The molecule has 2 rings (SSSR count). The largest absolute Gasteiger partial charge is 0.461 e.